The Morgan fingerprint density at radius 2 is 1.96 bits per heavy atom. The van der Waals surface area contributed by atoms with Gasteiger partial charge in [0.1, 0.15) is 17.0 Å². The van der Waals surface area contributed by atoms with Gasteiger partial charge in [0.05, 0.1) is 5.69 Å². The number of pyridine rings is 2. The second-order valence-corrected chi connectivity index (χ2v) is 6.34. The third-order valence-electron chi connectivity index (χ3n) is 3.33. The van der Waals surface area contributed by atoms with Crippen molar-refractivity contribution in [1.29, 1.82) is 0 Å². The van der Waals surface area contributed by atoms with E-state index in [0.717, 1.165) is 11.3 Å². The van der Waals surface area contributed by atoms with Crippen molar-refractivity contribution in [2.24, 2.45) is 0 Å². The molecule has 0 radical (unpaired) electrons. The molecular formula is C17H17N3O2S. The highest BCUT2D eigenvalue weighted by molar-refractivity contribution is 7.98. The van der Waals surface area contributed by atoms with Gasteiger partial charge in [0, 0.05) is 18.0 Å². The minimum absolute atomic E-state index is 0.483. The topological polar surface area (TPSA) is 72.0 Å². The van der Waals surface area contributed by atoms with E-state index in [1.165, 1.54) is 11.8 Å². The third kappa shape index (κ3) is 3.28. The van der Waals surface area contributed by atoms with Crippen LogP contribution in [0.5, 0.6) is 0 Å². The molecule has 0 saturated heterocycles. The maximum absolute atomic E-state index is 9.99. The number of oxazole rings is 1. The fourth-order valence-electron chi connectivity index (χ4n) is 2.12. The molecule has 0 fully saturated rings. The van der Waals surface area contributed by atoms with Gasteiger partial charge in [0.25, 0.3) is 0 Å². The molecule has 0 aliphatic carbocycles. The van der Waals surface area contributed by atoms with Gasteiger partial charge >= 0.3 is 0 Å². The number of aromatic nitrogens is 3. The Morgan fingerprint density at radius 3 is 2.52 bits per heavy atom. The van der Waals surface area contributed by atoms with Gasteiger partial charge in [0.15, 0.2) is 5.09 Å². The van der Waals surface area contributed by atoms with Gasteiger partial charge in [-0.15, -0.1) is 0 Å². The number of hydrogen-bond acceptors (Lipinski definition) is 6. The van der Waals surface area contributed by atoms with Crippen LogP contribution in [0.2, 0.25) is 0 Å². The molecule has 0 aliphatic heterocycles. The van der Waals surface area contributed by atoms with Crippen molar-refractivity contribution >= 4 is 11.8 Å². The van der Waals surface area contributed by atoms with Crippen LogP contribution in [0.1, 0.15) is 19.5 Å². The number of nitrogens with zero attached hydrogens (tertiary/aromatic N) is 3. The summed E-state index contributed by atoms with van der Waals surface area (Å²) >= 11 is 1.48. The van der Waals surface area contributed by atoms with E-state index in [-0.39, 0.29) is 0 Å². The zero-order valence-electron chi connectivity index (χ0n) is 13.1. The highest BCUT2D eigenvalue weighted by Crippen LogP contribution is 2.33. The summed E-state index contributed by atoms with van der Waals surface area (Å²) in [4.78, 5) is 13.2. The van der Waals surface area contributed by atoms with Crippen LogP contribution in [0.25, 0.3) is 22.8 Å². The van der Waals surface area contributed by atoms with Crippen molar-refractivity contribution in [2.75, 3.05) is 6.26 Å². The molecule has 0 unspecified atom stereocenters. The molecule has 118 valence electrons. The molecule has 5 nitrogen and oxygen atoms in total. The van der Waals surface area contributed by atoms with Gasteiger partial charge in [-0.3, -0.25) is 9.97 Å². The molecule has 23 heavy (non-hydrogen) atoms. The molecule has 0 aliphatic rings. The summed E-state index contributed by atoms with van der Waals surface area (Å²) in [5.41, 5.74) is 1.90. The third-order valence-corrected chi connectivity index (χ3v) is 3.98. The average Bonchev–Trinajstić information content (AvgIpc) is 2.99. The molecule has 0 amide bonds. The maximum Gasteiger partial charge on any atom is 0.246 e. The summed E-state index contributed by atoms with van der Waals surface area (Å²) in [6.07, 6.45) is 5.34. The van der Waals surface area contributed by atoms with Crippen LogP contribution < -0.4 is 0 Å². The van der Waals surface area contributed by atoms with Gasteiger partial charge < -0.3 is 9.52 Å². The van der Waals surface area contributed by atoms with E-state index in [4.69, 9.17) is 4.42 Å². The lowest BCUT2D eigenvalue weighted by molar-refractivity contribution is 0.0739. The zero-order valence-corrected chi connectivity index (χ0v) is 14.0. The molecule has 0 bridgehead atoms. The zero-order chi connectivity index (χ0) is 16.4. The first-order valence-corrected chi connectivity index (χ1v) is 8.37. The minimum atomic E-state index is -0.968. The highest BCUT2D eigenvalue weighted by Gasteiger charge is 2.20. The average molecular weight is 327 g/mol. The van der Waals surface area contributed by atoms with Crippen LogP contribution in [-0.4, -0.2) is 26.3 Å². The predicted octanol–water partition coefficient (Wildman–Crippen LogP) is 3.75. The molecule has 3 aromatic heterocycles. The Hall–Kier alpha value is -2.18. The van der Waals surface area contributed by atoms with Crippen molar-refractivity contribution in [3.63, 3.8) is 0 Å². The normalized spacial score (nSPS) is 11.7. The van der Waals surface area contributed by atoms with Gasteiger partial charge in [-0.2, -0.15) is 0 Å². The fourth-order valence-corrected chi connectivity index (χ4v) is 2.64. The van der Waals surface area contributed by atoms with Gasteiger partial charge in [0.2, 0.25) is 5.89 Å². The first-order chi connectivity index (χ1) is 11.0. The second-order valence-electron chi connectivity index (χ2n) is 5.57. The molecule has 0 spiro atoms. The Labute approximate surface area is 138 Å². The van der Waals surface area contributed by atoms with Crippen molar-refractivity contribution in [1.82, 2.24) is 15.0 Å². The van der Waals surface area contributed by atoms with E-state index >= 15 is 0 Å². The largest absolute Gasteiger partial charge is 0.428 e. The van der Waals surface area contributed by atoms with Crippen LogP contribution in [0.15, 0.2) is 52.2 Å². The Balaban J connectivity index is 2.01. The van der Waals surface area contributed by atoms with E-state index < -0.39 is 5.60 Å². The van der Waals surface area contributed by atoms with E-state index in [1.54, 1.807) is 32.3 Å². The first-order valence-electron chi connectivity index (χ1n) is 7.14. The Kier molecular flexibility index (Phi) is 4.19. The van der Waals surface area contributed by atoms with Crippen LogP contribution in [0.4, 0.5) is 0 Å². The van der Waals surface area contributed by atoms with Crippen molar-refractivity contribution < 1.29 is 9.52 Å². The number of aliphatic hydroxyl groups is 1. The molecule has 3 heterocycles. The Bertz CT molecular complexity index is 793. The number of rotatable bonds is 4. The van der Waals surface area contributed by atoms with Gasteiger partial charge in [-0.1, -0.05) is 17.8 Å². The molecule has 0 aromatic carbocycles. The number of hydrogen-bond donors (Lipinski definition) is 1. The van der Waals surface area contributed by atoms with Gasteiger partial charge in [-0.25, -0.2) is 4.98 Å². The monoisotopic (exact) mass is 327 g/mol. The van der Waals surface area contributed by atoms with E-state index in [1.807, 2.05) is 30.5 Å². The summed E-state index contributed by atoms with van der Waals surface area (Å²) in [7, 11) is 0. The maximum atomic E-state index is 9.99. The second kappa shape index (κ2) is 6.14. The minimum Gasteiger partial charge on any atom is -0.428 e. The van der Waals surface area contributed by atoms with Crippen LogP contribution in [0.3, 0.4) is 0 Å². The lowest BCUT2D eigenvalue weighted by Crippen LogP contribution is -2.17. The predicted molar refractivity (Wildman–Crippen MR) is 90.0 cm³/mol. The van der Waals surface area contributed by atoms with Crippen LogP contribution in [-0.2, 0) is 5.60 Å². The molecule has 1 N–H and O–H groups in total. The van der Waals surface area contributed by atoms with Crippen molar-refractivity contribution in [3.05, 3.63) is 48.4 Å². The lowest BCUT2D eigenvalue weighted by atomic mass is 10.0. The van der Waals surface area contributed by atoms with Crippen molar-refractivity contribution in [3.8, 4) is 22.8 Å². The van der Waals surface area contributed by atoms with Crippen molar-refractivity contribution in [2.45, 2.75) is 24.5 Å². The molecule has 3 aromatic rings. The summed E-state index contributed by atoms with van der Waals surface area (Å²) in [5.74, 6) is 0.483. The van der Waals surface area contributed by atoms with Gasteiger partial charge in [-0.05, 0) is 44.4 Å². The summed E-state index contributed by atoms with van der Waals surface area (Å²) < 4.78 is 5.81. The summed E-state index contributed by atoms with van der Waals surface area (Å²) in [6.45, 7) is 3.41. The summed E-state index contributed by atoms with van der Waals surface area (Å²) in [6, 6.07) is 9.29. The number of thioether (sulfide) groups is 1. The van der Waals surface area contributed by atoms with E-state index in [9.17, 15) is 5.11 Å². The quantitative estimate of drug-likeness (QED) is 0.736. The molecule has 0 atom stereocenters. The Morgan fingerprint density at radius 1 is 1.13 bits per heavy atom. The van der Waals surface area contributed by atoms with Crippen LogP contribution >= 0.6 is 11.8 Å². The first kappa shape index (κ1) is 15.7. The van der Waals surface area contributed by atoms with Crippen LogP contribution in [0, 0.1) is 0 Å². The summed E-state index contributed by atoms with van der Waals surface area (Å²) in [5, 5.41) is 10.7. The molecular weight excluding hydrogens is 310 g/mol. The molecule has 0 saturated carbocycles. The molecule has 6 heteroatoms. The highest BCUT2D eigenvalue weighted by atomic mass is 32.2. The molecule has 3 rings (SSSR count). The lowest BCUT2D eigenvalue weighted by Gasteiger charge is -2.16. The SMILES string of the molecule is CSc1oc(-c2ccccn2)nc1-c1ccc(C(C)(C)O)nc1. The fraction of sp³-hybridized carbons (Fsp3) is 0.235. The standard InChI is InChI=1S/C17H17N3O2S/c1-17(2,21)13-8-7-11(10-19-13)14-16(23-3)22-15(20-14)12-6-4-5-9-18-12/h4-10,21H,1-3H3. The van der Waals surface area contributed by atoms with E-state index in [2.05, 4.69) is 15.0 Å². The van der Waals surface area contributed by atoms with E-state index in [0.29, 0.717) is 22.4 Å². The smallest absolute Gasteiger partial charge is 0.246 e.